The number of H-pyrrole nitrogens is 1. The number of rotatable bonds is 0. The predicted octanol–water partition coefficient (Wildman–Crippen LogP) is -2.23. The number of aliphatic imine (C=N–C) groups is 1. The lowest BCUT2D eigenvalue weighted by atomic mass is 10.5. The topological polar surface area (TPSA) is 154 Å². The third-order valence-corrected chi connectivity index (χ3v) is 2.26. The maximum absolute atomic E-state index is 11.3. The maximum atomic E-state index is 11.3. The number of carbonyl (C=O) groups is 1. The first-order valence-corrected chi connectivity index (χ1v) is 5.44. The fourth-order valence-corrected chi connectivity index (χ4v) is 1.44. The molecule has 0 aliphatic rings. The van der Waals surface area contributed by atoms with Crippen molar-refractivity contribution in [3.63, 3.8) is 0 Å². The summed E-state index contributed by atoms with van der Waals surface area (Å²) in [5.74, 6) is -0.562. The van der Waals surface area contributed by atoms with Crippen molar-refractivity contribution in [3.05, 3.63) is 27.2 Å². The van der Waals surface area contributed by atoms with Crippen LogP contribution in [0.5, 0.6) is 0 Å². The third kappa shape index (κ3) is 3.31. The van der Waals surface area contributed by atoms with Crippen molar-refractivity contribution in [2.75, 3.05) is 0 Å². The number of hydrogen-bond donors (Lipinski definition) is 3. The standard InChI is InChI=1S/C7H8N4O2.C3H7N3O/c1-10-3-8-5-4(10)6(12)9-7(13)11(5)2;1-2(7)6-3(4)5/h3H,1-2H3,(H,9,12,13);1H3,(H4,4,5,6,7). The summed E-state index contributed by atoms with van der Waals surface area (Å²) >= 11 is 0. The first kappa shape index (κ1) is 15.1. The molecule has 0 aliphatic carbocycles. The molecular formula is C10H15N7O3. The zero-order valence-electron chi connectivity index (χ0n) is 11.2. The summed E-state index contributed by atoms with van der Waals surface area (Å²) in [6.07, 6.45) is 1.50. The van der Waals surface area contributed by atoms with Gasteiger partial charge in [0.15, 0.2) is 17.1 Å². The number of aromatic amines is 1. The van der Waals surface area contributed by atoms with Gasteiger partial charge in [-0.05, 0) is 0 Å². The zero-order chi connectivity index (χ0) is 15.4. The van der Waals surface area contributed by atoms with Crippen molar-refractivity contribution in [3.8, 4) is 0 Å². The van der Waals surface area contributed by atoms with Gasteiger partial charge in [-0.1, -0.05) is 0 Å². The molecule has 0 fully saturated rings. The number of carbonyl (C=O) groups excluding carboxylic acids is 1. The number of aryl methyl sites for hydroxylation is 2. The molecule has 0 saturated carbocycles. The van der Waals surface area contributed by atoms with Crippen LogP contribution in [0.2, 0.25) is 0 Å². The molecule has 0 spiro atoms. The van der Waals surface area contributed by atoms with Crippen LogP contribution in [0.25, 0.3) is 11.2 Å². The Kier molecular flexibility index (Phi) is 4.41. The number of hydrogen-bond acceptors (Lipinski definition) is 4. The molecule has 0 unspecified atom stereocenters. The molecule has 2 rings (SSSR count). The number of nitrogens with zero attached hydrogens (tertiary/aromatic N) is 4. The Morgan fingerprint density at radius 1 is 1.35 bits per heavy atom. The third-order valence-electron chi connectivity index (χ3n) is 2.26. The van der Waals surface area contributed by atoms with Crippen LogP contribution in [-0.4, -0.2) is 31.0 Å². The number of imidazole rings is 1. The van der Waals surface area contributed by atoms with Crippen molar-refractivity contribution in [1.82, 2.24) is 19.1 Å². The van der Waals surface area contributed by atoms with E-state index in [-0.39, 0.29) is 11.9 Å². The van der Waals surface area contributed by atoms with Crippen LogP contribution in [0.1, 0.15) is 6.92 Å². The van der Waals surface area contributed by atoms with E-state index in [1.54, 1.807) is 18.7 Å². The first-order chi connectivity index (χ1) is 9.23. The van der Waals surface area contributed by atoms with E-state index in [2.05, 4.69) is 15.0 Å². The molecule has 1 amide bonds. The van der Waals surface area contributed by atoms with Gasteiger partial charge in [-0.25, -0.2) is 9.78 Å². The van der Waals surface area contributed by atoms with Crippen LogP contribution in [-0.2, 0) is 18.9 Å². The highest BCUT2D eigenvalue weighted by Crippen LogP contribution is 2.00. The van der Waals surface area contributed by atoms with Gasteiger partial charge in [0, 0.05) is 21.0 Å². The lowest BCUT2D eigenvalue weighted by Gasteiger charge is -1.97. The van der Waals surface area contributed by atoms with E-state index in [9.17, 15) is 14.4 Å². The van der Waals surface area contributed by atoms with Gasteiger partial charge < -0.3 is 16.0 Å². The van der Waals surface area contributed by atoms with Crippen LogP contribution in [0.3, 0.4) is 0 Å². The summed E-state index contributed by atoms with van der Waals surface area (Å²) in [6.45, 7) is 1.28. The number of guanidine groups is 1. The molecule has 10 heteroatoms. The molecule has 20 heavy (non-hydrogen) atoms. The first-order valence-electron chi connectivity index (χ1n) is 5.44. The van der Waals surface area contributed by atoms with Gasteiger partial charge in [0.1, 0.15) is 0 Å². The molecule has 0 aromatic carbocycles. The van der Waals surface area contributed by atoms with E-state index >= 15 is 0 Å². The van der Waals surface area contributed by atoms with Crippen LogP contribution in [0.4, 0.5) is 0 Å². The predicted molar refractivity (Wildman–Crippen MR) is 73.1 cm³/mol. The second-order valence-corrected chi connectivity index (χ2v) is 3.90. The van der Waals surface area contributed by atoms with E-state index in [0.717, 1.165) is 0 Å². The van der Waals surface area contributed by atoms with Gasteiger partial charge in [0.25, 0.3) is 5.56 Å². The van der Waals surface area contributed by atoms with E-state index in [0.29, 0.717) is 11.2 Å². The summed E-state index contributed by atoms with van der Waals surface area (Å²) in [5, 5.41) is 0. The van der Waals surface area contributed by atoms with Crippen molar-refractivity contribution >= 4 is 23.0 Å². The Balaban J connectivity index is 0.000000246. The average Bonchev–Trinajstić information content (AvgIpc) is 2.68. The highest BCUT2D eigenvalue weighted by Gasteiger charge is 2.08. The van der Waals surface area contributed by atoms with E-state index in [1.807, 2.05) is 0 Å². The highest BCUT2D eigenvalue weighted by molar-refractivity contribution is 5.90. The Labute approximate surface area is 112 Å². The minimum absolute atomic E-state index is 0.187. The Hall–Kier alpha value is -2.91. The molecule has 5 N–H and O–H groups in total. The van der Waals surface area contributed by atoms with Crippen LogP contribution in [0.15, 0.2) is 20.9 Å². The lowest BCUT2D eigenvalue weighted by molar-refractivity contribution is -0.115. The second-order valence-electron chi connectivity index (χ2n) is 3.90. The Bertz CT molecular complexity index is 776. The molecular weight excluding hydrogens is 266 g/mol. The molecule has 0 radical (unpaired) electrons. The molecule has 108 valence electrons. The van der Waals surface area contributed by atoms with E-state index < -0.39 is 11.2 Å². The quantitative estimate of drug-likeness (QED) is 0.366. The van der Waals surface area contributed by atoms with E-state index in [4.69, 9.17) is 11.5 Å². The number of fused-ring (bicyclic) bond motifs is 1. The van der Waals surface area contributed by atoms with Gasteiger partial charge in [0.2, 0.25) is 5.91 Å². The summed E-state index contributed by atoms with van der Waals surface area (Å²) in [6, 6.07) is 0. The molecule has 2 aromatic rings. The zero-order valence-corrected chi connectivity index (χ0v) is 11.2. The Morgan fingerprint density at radius 3 is 2.40 bits per heavy atom. The monoisotopic (exact) mass is 281 g/mol. The number of amides is 1. The maximum Gasteiger partial charge on any atom is 0.329 e. The normalized spacial score (nSPS) is 9.75. The van der Waals surface area contributed by atoms with Crippen molar-refractivity contribution < 1.29 is 4.79 Å². The van der Waals surface area contributed by atoms with Crippen LogP contribution in [0, 0.1) is 0 Å². The average molecular weight is 281 g/mol. The van der Waals surface area contributed by atoms with Gasteiger partial charge >= 0.3 is 5.69 Å². The molecule has 0 aliphatic heterocycles. The summed E-state index contributed by atoms with van der Waals surface area (Å²) in [7, 11) is 3.27. The highest BCUT2D eigenvalue weighted by atomic mass is 16.2. The minimum Gasteiger partial charge on any atom is -0.370 e. The van der Waals surface area contributed by atoms with Crippen molar-refractivity contribution in [2.45, 2.75) is 6.92 Å². The van der Waals surface area contributed by atoms with Crippen molar-refractivity contribution in [1.29, 1.82) is 0 Å². The number of aromatic nitrogens is 4. The van der Waals surface area contributed by atoms with Crippen LogP contribution < -0.4 is 22.7 Å². The van der Waals surface area contributed by atoms with Gasteiger partial charge in [-0.3, -0.25) is 19.1 Å². The lowest BCUT2D eigenvalue weighted by Crippen LogP contribution is -2.28. The van der Waals surface area contributed by atoms with Crippen molar-refractivity contribution in [2.24, 2.45) is 30.6 Å². The fraction of sp³-hybridized carbons (Fsp3) is 0.300. The molecule has 0 bridgehead atoms. The SMILES string of the molecule is CC(=O)N=C(N)N.Cn1cnc2c1c(=O)[nH]c(=O)n2C. The van der Waals surface area contributed by atoms with E-state index in [1.165, 1.54) is 17.8 Å². The molecule has 2 aromatic heterocycles. The smallest absolute Gasteiger partial charge is 0.329 e. The number of nitrogens with one attached hydrogen (secondary N) is 1. The van der Waals surface area contributed by atoms with Crippen LogP contribution >= 0.6 is 0 Å². The summed E-state index contributed by atoms with van der Waals surface area (Å²) in [5.41, 5.74) is 9.55. The largest absolute Gasteiger partial charge is 0.370 e. The fourth-order valence-electron chi connectivity index (χ4n) is 1.44. The van der Waals surface area contributed by atoms with Gasteiger partial charge in [0.05, 0.1) is 6.33 Å². The molecule has 2 heterocycles. The molecule has 0 saturated heterocycles. The second kappa shape index (κ2) is 5.82. The summed E-state index contributed by atoms with van der Waals surface area (Å²) < 4.78 is 2.88. The number of nitrogens with two attached hydrogens (primary N) is 2. The minimum atomic E-state index is -0.448. The van der Waals surface area contributed by atoms with Gasteiger partial charge in [-0.15, -0.1) is 0 Å². The Morgan fingerprint density at radius 2 is 1.95 bits per heavy atom. The molecule has 10 nitrogen and oxygen atoms in total. The molecule has 0 atom stereocenters. The van der Waals surface area contributed by atoms with Gasteiger partial charge in [-0.2, -0.15) is 4.99 Å². The summed E-state index contributed by atoms with van der Waals surface area (Å²) in [4.78, 5) is 41.6.